The summed E-state index contributed by atoms with van der Waals surface area (Å²) >= 11 is 0. The molecule has 26 nitrogen and oxygen atoms in total. The van der Waals surface area contributed by atoms with Gasteiger partial charge in [-0.1, -0.05) is 77.2 Å². The third-order valence-corrected chi connectivity index (χ3v) is 21.1. The van der Waals surface area contributed by atoms with E-state index in [0.717, 1.165) is 29.4 Å². The van der Waals surface area contributed by atoms with E-state index in [9.17, 15) is 37.1 Å². The van der Waals surface area contributed by atoms with Crippen molar-refractivity contribution in [2.24, 2.45) is 11.8 Å². The van der Waals surface area contributed by atoms with E-state index < -0.39 is 199 Å². The molecule has 2 saturated carbocycles. The van der Waals surface area contributed by atoms with Gasteiger partial charge in [0.1, 0.15) is 77.4 Å². The molecule has 10 rings (SSSR count). The number of nitrogens with one attached hydrogen (secondary N) is 3. The molecule has 2 aromatic carbocycles. The number of amides is 12. The molecule has 105 heavy (non-hydrogen) atoms. The van der Waals surface area contributed by atoms with Gasteiger partial charge in [-0.05, 0) is 112 Å². The van der Waals surface area contributed by atoms with Gasteiger partial charge in [-0.15, -0.1) is 0 Å². The largest absolute Gasteiger partial charge is 0.490 e. The number of carbonyl (C=O) groups is 12. The van der Waals surface area contributed by atoms with Crippen molar-refractivity contribution in [1.82, 2.24) is 60.0 Å². The van der Waals surface area contributed by atoms with Crippen LogP contribution in [0, 0.1) is 23.5 Å². The number of halogens is 5. The number of hydrogen-bond acceptors (Lipinski definition) is 14. The van der Waals surface area contributed by atoms with Crippen molar-refractivity contribution < 1.29 is 89.0 Å². The average molecular weight is 1480 g/mol. The van der Waals surface area contributed by atoms with E-state index in [1.54, 1.807) is 64.1 Å². The van der Waals surface area contributed by atoms with E-state index in [2.05, 4.69) is 16.0 Å². The molecular weight excluding hydrogens is 1380 g/mol. The highest BCUT2D eigenvalue weighted by Crippen LogP contribution is 2.38. The zero-order valence-electron chi connectivity index (χ0n) is 62.5. The first kappa shape index (κ1) is 83.5. The van der Waals surface area contributed by atoms with Crippen LogP contribution in [0.25, 0.3) is 0 Å². The minimum Gasteiger partial charge on any atom is -0.490 e. The van der Waals surface area contributed by atoms with Crippen LogP contribution in [-0.4, -0.2) is 271 Å². The fraction of sp³-hybridized carbons (Fsp3) is 0.649. The Morgan fingerprint density at radius 1 is 0.695 bits per heavy atom. The van der Waals surface area contributed by atoms with Crippen LogP contribution in [0.15, 0.2) is 48.6 Å². The number of benzene rings is 2. The number of likely N-dealkylation sites (N-methyl/N-ethyl adjacent to an activating group) is 7. The van der Waals surface area contributed by atoms with Crippen molar-refractivity contribution in [3.8, 4) is 5.75 Å². The average Bonchev–Trinajstić information content (AvgIpc) is 1.71. The van der Waals surface area contributed by atoms with Crippen LogP contribution >= 0.6 is 0 Å². The predicted molar refractivity (Wildman–Crippen MR) is 376 cm³/mol. The van der Waals surface area contributed by atoms with Crippen LogP contribution < -0.4 is 20.7 Å². The fourth-order valence-corrected chi connectivity index (χ4v) is 14.9. The second kappa shape index (κ2) is 37.0. The molecule has 12 amide bonds. The van der Waals surface area contributed by atoms with Gasteiger partial charge in [-0.2, -0.15) is 13.2 Å². The van der Waals surface area contributed by atoms with Gasteiger partial charge < -0.3 is 69.5 Å². The Hall–Kier alpha value is -8.77. The van der Waals surface area contributed by atoms with Crippen LogP contribution in [-0.2, 0) is 81.3 Å². The monoisotopic (exact) mass is 1480 g/mol. The van der Waals surface area contributed by atoms with Crippen LogP contribution in [0.4, 0.5) is 22.0 Å². The molecule has 8 aliphatic rings. The van der Waals surface area contributed by atoms with Gasteiger partial charge in [0.2, 0.25) is 70.9 Å². The molecule has 2 saturated heterocycles. The van der Waals surface area contributed by atoms with Gasteiger partial charge in [0.15, 0.2) is 0 Å². The van der Waals surface area contributed by atoms with E-state index in [1.807, 2.05) is 0 Å². The van der Waals surface area contributed by atoms with Gasteiger partial charge >= 0.3 is 6.18 Å². The number of hydrogen-bond donors (Lipinski definition) is 3. The summed E-state index contributed by atoms with van der Waals surface area (Å²) in [6.45, 7) is 4.66. The summed E-state index contributed by atoms with van der Waals surface area (Å²) in [4.78, 5) is 191. The number of ether oxygens (including phenoxy) is 2. The molecule has 0 unspecified atom stereocenters. The molecule has 9 atom stereocenters. The van der Waals surface area contributed by atoms with Crippen molar-refractivity contribution >= 4 is 70.9 Å². The SMILES string of the molecule is CCCN1C(=O)CN(C)C(=O)CN(C)C(=O)[C@H]([C@@H](C)CC)NC(=O)[C@@H]2CC/C=C\COc3ccc(cc3)C[C@H]1C(=O)N(C)CC(=O)N[C@@H](CCc1cc(F)c(C(F)(F)F)c(F)c1)C(=O)N1C[C@H](OCC)C[C@H]1C(=O)NC1(CCCC1)C(=O)N(C)[C@@H](C1CCCC1)C(=O)N(C)[C@H](C(=O)N(C)C)CC(=O)N2C. The first-order valence-electron chi connectivity index (χ1n) is 36.4. The van der Waals surface area contributed by atoms with Crippen LogP contribution in [0.5, 0.6) is 5.75 Å². The first-order chi connectivity index (χ1) is 49.6. The molecule has 3 N–H and O–H groups in total. The second-order valence-corrected chi connectivity index (χ2v) is 28.8. The lowest BCUT2D eigenvalue weighted by molar-refractivity contribution is -0.156. The maximum absolute atomic E-state index is 15.7. The number of carbonyl (C=O) groups excluding carboxylic acids is 12. The first-order valence-corrected chi connectivity index (χ1v) is 36.4. The summed E-state index contributed by atoms with van der Waals surface area (Å²) in [6, 6.07) is -2.47. The van der Waals surface area contributed by atoms with E-state index in [4.69, 9.17) is 9.47 Å². The lowest BCUT2D eigenvalue weighted by atomic mass is 9.90. The number of rotatable bonds is 11. The molecule has 0 aromatic heterocycles. The Labute approximate surface area is 611 Å². The van der Waals surface area contributed by atoms with Crippen molar-refractivity contribution in [2.75, 3.05) is 102 Å². The van der Waals surface area contributed by atoms with Crippen LogP contribution in [0.2, 0.25) is 0 Å². The second-order valence-electron chi connectivity index (χ2n) is 28.8. The van der Waals surface area contributed by atoms with E-state index >= 15 is 42.3 Å². The van der Waals surface area contributed by atoms with Gasteiger partial charge in [0, 0.05) is 88.9 Å². The summed E-state index contributed by atoms with van der Waals surface area (Å²) < 4.78 is 84.1. The summed E-state index contributed by atoms with van der Waals surface area (Å²) in [6.07, 6.45) is -0.805. The van der Waals surface area contributed by atoms with Crippen molar-refractivity contribution in [3.05, 3.63) is 76.9 Å². The molecule has 0 radical (unpaired) electrons. The van der Waals surface area contributed by atoms with Gasteiger partial charge in [-0.3, -0.25) is 57.5 Å². The third-order valence-electron chi connectivity index (χ3n) is 21.1. The van der Waals surface area contributed by atoms with Crippen molar-refractivity contribution in [2.45, 2.75) is 197 Å². The quantitative estimate of drug-likeness (QED) is 0.207. The van der Waals surface area contributed by atoms with Gasteiger partial charge in [-0.25, -0.2) is 8.78 Å². The maximum atomic E-state index is 15.7. The van der Waals surface area contributed by atoms with Crippen LogP contribution in [0.3, 0.4) is 0 Å². The third kappa shape index (κ3) is 20.6. The molecule has 6 heterocycles. The summed E-state index contributed by atoms with van der Waals surface area (Å²) in [5, 5.41) is 8.48. The summed E-state index contributed by atoms with van der Waals surface area (Å²) in [7, 11) is 11.0. The summed E-state index contributed by atoms with van der Waals surface area (Å²) in [5.41, 5.74) is -3.69. The van der Waals surface area contributed by atoms with Crippen molar-refractivity contribution in [1.29, 1.82) is 0 Å². The highest BCUT2D eigenvalue weighted by molar-refractivity contribution is 6.01. The van der Waals surface area contributed by atoms with E-state index in [1.165, 1.54) is 71.1 Å². The van der Waals surface area contributed by atoms with E-state index in [-0.39, 0.29) is 76.8 Å². The standard InChI is InChI=1S/C74H105F5N12O14/c1-13-34-90-57-38-46-26-29-49(30-27-46)105-35-22-16-17-25-54(65(96)81-63(45(4)14-2)70(101)86(9)43-60(94)84(7)44-61(90)95)87(10)59(93)40-56(68(99)83(5)6)88(11)71(102)64(48-23-18-19-24-48)89(12)72(103)73(32-20-21-33-73)82-66(97)55-39-50(104-15-3)41-91(55)67(98)53(80-58(92)42-85(8)69(57)100)31-28-47-36-51(75)62(52(76)37-47)74(77,78)79/h16,22,26-27,29-30,36-37,45,48,50,53-57,63-64H,13-15,17-21,23-25,28,31-35,38-44H2,1-12H3,(H,80,92)(H,81,96)(H,82,97)/b22-16-/t45-,50+,53-,54-,55-,56-,57-,63-,64-/m0/s1. The zero-order valence-corrected chi connectivity index (χ0v) is 62.5. The minimum atomic E-state index is -5.42. The Balaban J connectivity index is 1.39. The molecule has 31 heteroatoms. The minimum absolute atomic E-state index is 0.0128. The molecule has 4 fully saturated rings. The zero-order chi connectivity index (χ0) is 77.5. The Morgan fingerprint density at radius 2 is 1.32 bits per heavy atom. The molecule has 2 aliphatic carbocycles. The molecule has 1 spiro atoms. The van der Waals surface area contributed by atoms with Gasteiger partial charge in [0.05, 0.1) is 32.2 Å². The Bertz CT molecular complexity index is 3490. The normalized spacial score (nSPS) is 25.8. The van der Waals surface area contributed by atoms with Gasteiger partial charge in [0.25, 0.3) is 0 Å². The lowest BCUT2D eigenvalue weighted by Gasteiger charge is -2.42. The molecule has 2 aromatic rings. The fourth-order valence-electron chi connectivity index (χ4n) is 14.9. The predicted octanol–water partition coefficient (Wildman–Crippen LogP) is 4.48. The highest BCUT2D eigenvalue weighted by atomic mass is 19.4. The Morgan fingerprint density at radius 3 is 1.92 bits per heavy atom. The highest BCUT2D eigenvalue weighted by Gasteiger charge is 2.52. The topological polar surface area (TPSA) is 289 Å². The number of aryl methyl sites for hydroxylation is 1. The number of nitrogens with zero attached hydrogens (tertiary/aromatic N) is 9. The molecule has 4 bridgehead atoms. The number of alkyl halides is 3. The number of allylic oxidation sites excluding steroid dienone is 1. The lowest BCUT2D eigenvalue weighted by Crippen LogP contribution is -2.65. The van der Waals surface area contributed by atoms with Crippen molar-refractivity contribution in [3.63, 3.8) is 0 Å². The molecule has 580 valence electrons. The smallest absolute Gasteiger partial charge is 0.422 e. The van der Waals surface area contributed by atoms with E-state index in [0.29, 0.717) is 68.4 Å². The molecular formula is C74H105F5N12O14. The summed E-state index contributed by atoms with van der Waals surface area (Å²) in [5.74, 6) is -13.8. The Kier molecular flexibility index (Phi) is 29.4. The van der Waals surface area contributed by atoms with Crippen LogP contribution in [0.1, 0.15) is 141 Å². The maximum Gasteiger partial charge on any atom is 0.422 e. The molecule has 6 aliphatic heterocycles.